The molecule has 0 aliphatic carbocycles. The van der Waals surface area contributed by atoms with Gasteiger partial charge in [0, 0.05) is 29.1 Å². The molecule has 0 heterocycles. The summed E-state index contributed by atoms with van der Waals surface area (Å²) in [6.45, 7) is 6.96. The van der Waals surface area contributed by atoms with E-state index < -0.39 is 0 Å². The second kappa shape index (κ2) is 6.81. The Morgan fingerprint density at radius 2 is 2.06 bits per heavy atom. The lowest BCUT2D eigenvalue weighted by molar-refractivity contribution is -0.116. The molecule has 1 amide bonds. The van der Waals surface area contributed by atoms with Gasteiger partial charge in [0.05, 0.1) is 0 Å². The van der Waals surface area contributed by atoms with Crippen molar-refractivity contribution in [2.24, 2.45) is 0 Å². The molecule has 0 atom stereocenters. The van der Waals surface area contributed by atoms with Crippen molar-refractivity contribution in [1.29, 1.82) is 0 Å². The summed E-state index contributed by atoms with van der Waals surface area (Å²) >= 11 is 1.67. The summed E-state index contributed by atoms with van der Waals surface area (Å²) in [5.41, 5.74) is 0.918. The maximum Gasteiger partial charge on any atom is 0.225 e. The average Bonchev–Trinajstić information content (AvgIpc) is 2.27. The van der Waals surface area contributed by atoms with Crippen molar-refractivity contribution in [3.05, 3.63) is 24.3 Å². The smallest absolute Gasteiger partial charge is 0.225 e. The van der Waals surface area contributed by atoms with Gasteiger partial charge in [-0.05, 0) is 45.2 Å². The van der Waals surface area contributed by atoms with Crippen LogP contribution >= 0.6 is 11.8 Å². The molecule has 0 saturated carbocycles. The third kappa shape index (κ3) is 6.07. The zero-order chi connectivity index (χ0) is 13.6. The highest BCUT2D eigenvalue weighted by molar-refractivity contribution is 7.98. The van der Waals surface area contributed by atoms with E-state index in [-0.39, 0.29) is 11.4 Å². The van der Waals surface area contributed by atoms with Gasteiger partial charge in [-0.3, -0.25) is 4.79 Å². The van der Waals surface area contributed by atoms with Crippen LogP contribution in [0.3, 0.4) is 0 Å². The van der Waals surface area contributed by atoms with E-state index in [9.17, 15) is 4.79 Å². The van der Waals surface area contributed by atoms with Gasteiger partial charge in [-0.1, -0.05) is 6.07 Å². The predicted octanol–water partition coefficient (Wildman–Crippen LogP) is 3.13. The molecule has 18 heavy (non-hydrogen) atoms. The quantitative estimate of drug-likeness (QED) is 0.805. The molecule has 0 fully saturated rings. The first-order valence-electron chi connectivity index (χ1n) is 6.09. The minimum atomic E-state index is 0.0463. The Labute approximate surface area is 114 Å². The molecule has 1 aromatic rings. The van der Waals surface area contributed by atoms with E-state index in [0.717, 1.165) is 10.6 Å². The van der Waals surface area contributed by atoms with Gasteiger partial charge in [-0.25, -0.2) is 0 Å². The van der Waals surface area contributed by atoms with E-state index in [1.165, 1.54) is 0 Å². The van der Waals surface area contributed by atoms with Gasteiger partial charge >= 0.3 is 0 Å². The molecule has 1 aromatic carbocycles. The van der Waals surface area contributed by atoms with Crippen molar-refractivity contribution in [3.63, 3.8) is 0 Å². The number of hydrogen-bond acceptors (Lipinski definition) is 3. The number of rotatable bonds is 5. The zero-order valence-corrected chi connectivity index (χ0v) is 12.4. The van der Waals surface area contributed by atoms with Crippen molar-refractivity contribution in [2.75, 3.05) is 18.1 Å². The molecule has 4 heteroatoms. The van der Waals surface area contributed by atoms with E-state index in [2.05, 4.69) is 31.4 Å². The van der Waals surface area contributed by atoms with Crippen LogP contribution in [0.5, 0.6) is 0 Å². The van der Waals surface area contributed by atoms with Crippen LogP contribution in [0.25, 0.3) is 0 Å². The van der Waals surface area contributed by atoms with Crippen LogP contribution < -0.4 is 10.6 Å². The van der Waals surface area contributed by atoms with Crippen LogP contribution in [0, 0.1) is 0 Å². The van der Waals surface area contributed by atoms with Gasteiger partial charge in [0.1, 0.15) is 0 Å². The molecule has 0 spiro atoms. The molecule has 0 aromatic heterocycles. The SMILES string of the molecule is CSc1cccc(NC(=O)CCNC(C)(C)C)c1. The van der Waals surface area contributed by atoms with Crippen LogP contribution in [-0.2, 0) is 4.79 Å². The number of thioether (sulfide) groups is 1. The normalized spacial score (nSPS) is 11.3. The van der Waals surface area contributed by atoms with E-state index in [4.69, 9.17) is 0 Å². The first kappa shape index (κ1) is 15.1. The van der Waals surface area contributed by atoms with Crippen molar-refractivity contribution in [1.82, 2.24) is 5.32 Å². The highest BCUT2D eigenvalue weighted by atomic mass is 32.2. The Morgan fingerprint density at radius 3 is 2.67 bits per heavy atom. The third-order valence-electron chi connectivity index (χ3n) is 2.36. The lowest BCUT2D eigenvalue weighted by Crippen LogP contribution is -2.37. The van der Waals surface area contributed by atoms with Crippen LogP contribution in [0.4, 0.5) is 5.69 Å². The molecule has 0 aliphatic rings. The number of anilines is 1. The van der Waals surface area contributed by atoms with Gasteiger partial charge in [-0.15, -0.1) is 11.8 Å². The van der Waals surface area contributed by atoms with E-state index in [1.54, 1.807) is 11.8 Å². The molecule has 0 unspecified atom stereocenters. The van der Waals surface area contributed by atoms with E-state index in [0.29, 0.717) is 13.0 Å². The van der Waals surface area contributed by atoms with Crippen molar-refractivity contribution < 1.29 is 4.79 Å². The fourth-order valence-corrected chi connectivity index (χ4v) is 1.93. The zero-order valence-electron chi connectivity index (χ0n) is 11.5. The maximum atomic E-state index is 11.7. The van der Waals surface area contributed by atoms with Gasteiger partial charge in [0.15, 0.2) is 0 Å². The van der Waals surface area contributed by atoms with Gasteiger partial charge < -0.3 is 10.6 Å². The standard InChI is InChI=1S/C14H22N2OS/c1-14(2,3)15-9-8-13(17)16-11-6-5-7-12(10-11)18-4/h5-7,10,15H,8-9H2,1-4H3,(H,16,17). The lowest BCUT2D eigenvalue weighted by atomic mass is 10.1. The van der Waals surface area contributed by atoms with E-state index in [1.807, 2.05) is 30.5 Å². The van der Waals surface area contributed by atoms with Gasteiger partial charge in [-0.2, -0.15) is 0 Å². The fourth-order valence-electron chi connectivity index (χ4n) is 1.48. The number of carbonyl (C=O) groups is 1. The Kier molecular flexibility index (Phi) is 5.69. The molecule has 100 valence electrons. The number of carbonyl (C=O) groups excluding carboxylic acids is 1. The summed E-state index contributed by atoms with van der Waals surface area (Å²) in [6, 6.07) is 7.88. The van der Waals surface area contributed by atoms with Crippen LogP contribution in [0.2, 0.25) is 0 Å². The second-order valence-electron chi connectivity index (χ2n) is 5.21. The van der Waals surface area contributed by atoms with Crippen LogP contribution in [-0.4, -0.2) is 24.2 Å². The molecular formula is C14H22N2OS. The maximum absolute atomic E-state index is 11.7. The van der Waals surface area contributed by atoms with Crippen LogP contribution in [0.1, 0.15) is 27.2 Å². The number of amides is 1. The van der Waals surface area contributed by atoms with E-state index >= 15 is 0 Å². The van der Waals surface area contributed by atoms with Gasteiger partial charge in [0.25, 0.3) is 0 Å². The molecule has 0 bridgehead atoms. The highest BCUT2D eigenvalue weighted by Gasteiger charge is 2.09. The van der Waals surface area contributed by atoms with Crippen molar-refractivity contribution in [2.45, 2.75) is 37.6 Å². The summed E-state index contributed by atoms with van der Waals surface area (Å²) < 4.78 is 0. The first-order valence-corrected chi connectivity index (χ1v) is 7.32. The minimum Gasteiger partial charge on any atom is -0.326 e. The van der Waals surface area contributed by atoms with Gasteiger partial charge in [0.2, 0.25) is 5.91 Å². The molecular weight excluding hydrogens is 244 g/mol. The number of nitrogens with one attached hydrogen (secondary N) is 2. The average molecular weight is 266 g/mol. The highest BCUT2D eigenvalue weighted by Crippen LogP contribution is 2.18. The monoisotopic (exact) mass is 266 g/mol. The summed E-state index contributed by atoms with van der Waals surface area (Å²) in [5.74, 6) is 0.0463. The van der Waals surface area contributed by atoms with Crippen molar-refractivity contribution >= 4 is 23.4 Å². The fraction of sp³-hybridized carbons (Fsp3) is 0.500. The van der Waals surface area contributed by atoms with Crippen LogP contribution in [0.15, 0.2) is 29.2 Å². The molecule has 0 radical (unpaired) electrons. The summed E-state index contributed by atoms with van der Waals surface area (Å²) in [5, 5.41) is 6.21. The predicted molar refractivity (Wildman–Crippen MR) is 79.2 cm³/mol. The summed E-state index contributed by atoms with van der Waals surface area (Å²) in [6.07, 6.45) is 2.51. The Hall–Kier alpha value is -1.00. The molecule has 2 N–H and O–H groups in total. The molecule has 0 saturated heterocycles. The lowest BCUT2D eigenvalue weighted by Gasteiger charge is -2.20. The third-order valence-corrected chi connectivity index (χ3v) is 3.09. The summed E-state index contributed by atoms with van der Waals surface area (Å²) in [7, 11) is 0. The van der Waals surface area contributed by atoms with Crippen molar-refractivity contribution in [3.8, 4) is 0 Å². The first-order chi connectivity index (χ1) is 8.40. The number of benzene rings is 1. The second-order valence-corrected chi connectivity index (χ2v) is 6.09. The molecule has 0 aliphatic heterocycles. The molecule has 3 nitrogen and oxygen atoms in total. The number of hydrogen-bond donors (Lipinski definition) is 2. The minimum absolute atomic E-state index is 0.0463. The Morgan fingerprint density at radius 1 is 1.33 bits per heavy atom. The topological polar surface area (TPSA) is 41.1 Å². The Bertz CT molecular complexity index is 399. The molecule has 1 rings (SSSR count). The summed E-state index contributed by atoms with van der Waals surface area (Å²) in [4.78, 5) is 12.9. The largest absolute Gasteiger partial charge is 0.326 e. The Balaban J connectivity index is 2.40.